The molecule has 2 aromatic heterocycles. The Balaban J connectivity index is 1.25. The zero-order valence-corrected chi connectivity index (χ0v) is 27.8. The highest BCUT2D eigenvalue weighted by Gasteiger charge is 2.35. The Bertz CT molecular complexity index is 1840. The van der Waals surface area contributed by atoms with Gasteiger partial charge in [0.25, 0.3) is 5.91 Å². The lowest BCUT2D eigenvalue weighted by Gasteiger charge is -2.41. The van der Waals surface area contributed by atoms with Crippen LogP contribution in [0.3, 0.4) is 0 Å². The van der Waals surface area contributed by atoms with Crippen LogP contribution in [-0.4, -0.2) is 80.7 Å². The third kappa shape index (κ3) is 7.25. The largest absolute Gasteiger partial charge is 0.462 e. The first kappa shape index (κ1) is 32.9. The molecule has 1 aliphatic rings. The van der Waals surface area contributed by atoms with Crippen LogP contribution in [0.4, 0.5) is 0 Å². The van der Waals surface area contributed by atoms with Crippen molar-refractivity contribution in [2.75, 3.05) is 32.8 Å². The number of carbonyl (C=O) groups is 3. The van der Waals surface area contributed by atoms with E-state index in [0.29, 0.717) is 31.7 Å². The molecule has 0 saturated carbocycles. The fourth-order valence-corrected chi connectivity index (χ4v) is 6.96. The highest BCUT2D eigenvalue weighted by Crippen LogP contribution is 2.32. The Kier molecular flexibility index (Phi) is 10.4. The summed E-state index contributed by atoms with van der Waals surface area (Å²) in [5.41, 5.74) is 3.70. The maximum atomic E-state index is 14.2. The molecule has 3 aromatic carbocycles. The molecule has 0 aliphatic carbocycles. The Labute approximate surface area is 284 Å². The molecule has 10 heteroatoms. The fraction of sp³-hybridized carbons (Fsp3) is 0.237. The smallest absolute Gasteiger partial charge is 0.340 e. The number of esters is 1. The number of ether oxygens (including phenoxy) is 1. The minimum Gasteiger partial charge on any atom is -0.462 e. The normalized spacial score (nSPS) is 14.1. The zero-order valence-electron chi connectivity index (χ0n) is 26.9. The molecule has 1 saturated heterocycles. The van der Waals surface area contributed by atoms with Gasteiger partial charge in [-0.2, -0.15) is 0 Å². The van der Waals surface area contributed by atoms with Crippen LogP contribution in [0.25, 0.3) is 10.9 Å². The molecule has 3 heterocycles. The van der Waals surface area contributed by atoms with Gasteiger partial charge in [0.15, 0.2) is 0 Å². The predicted octanol–water partition coefficient (Wildman–Crippen LogP) is 6.28. The first-order chi connectivity index (χ1) is 23.4. The lowest BCUT2D eigenvalue weighted by Crippen LogP contribution is -2.54. The molecule has 1 aliphatic heterocycles. The molecule has 1 atom stereocenters. The van der Waals surface area contributed by atoms with Gasteiger partial charge in [0.2, 0.25) is 5.91 Å². The summed E-state index contributed by atoms with van der Waals surface area (Å²) >= 11 is 0.964. The van der Waals surface area contributed by atoms with E-state index in [1.54, 1.807) is 38.2 Å². The Hall–Kier alpha value is -5.06. The second-order valence-electron chi connectivity index (χ2n) is 11.5. The van der Waals surface area contributed by atoms with Crippen molar-refractivity contribution in [2.45, 2.75) is 31.0 Å². The van der Waals surface area contributed by atoms with Gasteiger partial charge in [0.05, 0.1) is 29.3 Å². The summed E-state index contributed by atoms with van der Waals surface area (Å²) in [5, 5.41) is 1.08. The van der Waals surface area contributed by atoms with Crippen LogP contribution in [-0.2, 0) is 9.53 Å². The maximum Gasteiger partial charge on any atom is 0.340 e. The molecule has 5 aromatic rings. The number of hydrogen-bond donors (Lipinski definition) is 0. The summed E-state index contributed by atoms with van der Waals surface area (Å²) in [7, 11) is 0. The van der Waals surface area contributed by atoms with Crippen molar-refractivity contribution < 1.29 is 19.1 Å². The molecule has 0 spiro atoms. The zero-order chi connectivity index (χ0) is 33.5. The lowest BCUT2D eigenvalue weighted by atomic mass is 9.96. The van der Waals surface area contributed by atoms with E-state index in [-0.39, 0.29) is 29.1 Å². The molecule has 0 unspecified atom stereocenters. The summed E-state index contributed by atoms with van der Waals surface area (Å²) in [4.78, 5) is 54.3. The van der Waals surface area contributed by atoms with E-state index >= 15 is 0 Å². The van der Waals surface area contributed by atoms with Crippen molar-refractivity contribution in [3.05, 3.63) is 138 Å². The van der Waals surface area contributed by atoms with Crippen molar-refractivity contribution in [1.82, 2.24) is 24.1 Å². The SMILES string of the molecule is CCOC(=O)c1cccnc1SN(C(=O)c1cnc2ccccc2c1)[C@H](C)C(=O)N1CCN(C(c2ccccc2)c2ccccc2)CC1. The molecular weight excluding hydrogens is 623 g/mol. The average Bonchev–Trinajstić information content (AvgIpc) is 3.14. The van der Waals surface area contributed by atoms with Gasteiger partial charge in [0.1, 0.15) is 11.1 Å². The van der Waals surface area contributed by atoms with Gasteiger partial charge >= 0.3 is 5.97 Å². The minimum absolute atomic E-state index is 0.0570. The summed E-state index contributed by atoms with van der Waals surface area (Å²) < 4.78 is 6.66. The number of carbonyl (C=O) groups excluding carboxylic acids is 3. The molecule has 9 nitrogen and oxygen atoms in total. The van der Waals surface area contributed by atoms with Gasteiger partial charge in [-0.25, -0.2) is 9.78 Å². The van der Waals surface area contributed by atoms with Crippen LogP contribution >= 0.6 is 11.9 Å². The lowest BCUT2D eigenvalue weighted by molar-refractivity contribution is -0.136. The van der Waals surface area contributed by atoms with Gasteiger partial charge in [-0.1, -0.05) is 78.9 Å². The molecule has 0 bridgehead atoms. The van der Waals surface area contributed by atoms with E-state index in [2.05, 4.69) is 63.4 Å². The number of fused-ring (bicyclic) bond motifs is 1. The second kappa shape index (κ2) is 15.2. The van der Waals surface area contributed by atoms with E-state index in [1.807, 2.05) is 41.3 Å². The van der Waals surface area contributed by atoms with Crippen LogP contribution in [0.5, 0.6) is 0 Å². The van der Waals surface area contributed by atoms with E-state index in [0.717, 1.165) is 22.9 Å². The molecule has 48 heavy (non-hydrogen) atoms. The monoisotopic (exact) mass is 659 g/mol. The van der Waals surface area contributed by atoms with Crippen molar-refractivity contribution in [3.63, 3.8) is 0 Å². The molecule has 1 fully saturated rings. The van der Waals surface area contributed by atoms with Crippen LogP contribution in [0.2, 0.25) is 0 Å². The summed E-state index contributed by atoms with van der Waals surface area (Å²) in [6, 6.07) is 32.5. The number of aromatic nitrogens is 2. The van der Waals surface area contributed by atoms with Gasteiger partial charge in [-0.3, -0.25) is 23.8 Å². The summed E-state index contributed by atoms with van der Waals surface area (Å²) in [6.45, 7) is 5.97. The number of pyridine rings is 2. The van der Waals surface area contributed by atoms with Crippen molar-refractivity contribution >= 4 is 40.6 Å². The molecule has 0 N–H and O–H groups in total. The number of amides is 2. The highest BCUT2D eigenvalue weighted by molar-refractivity contribution is 7.97. The van der Waals surface area contributed by atoms with Crippen molar-refractivity contribution in [2.24, 2.45) is 0 Å². The van der Waals surface area contributed by atoms with Crippen LogP contribution in [0, 0.1) is 0 Å². The fourth-order valence-electron chi connectivity index (χ4n) is 5.98. The van der Waals surface area contributed by atoms with Gasteiger partial charge in [0, 0.05) is 55.9 Å². The Morgan fingerprint density at radius 3 is 2.15 bits per heavy atom. The molecule has 244 valence electrons. The quantitative estimate of drug-likeness (QED) is 0.128. The number of hydrogen-bond acceptors (Lipinski definition) is 8. The topological polar surface area (TPSA) is 95.9 Å². The molecule has 2 amide bonds. The Morgan fingerprint density at radius 2 is 1.48 bits per heavy atom. The van der Waals surface area contributed by atoms with Crippen molar-refractivity contribution in [1.29, 1.82) is 0 Å². The summed E-state index contributed by atoms with van der Waals surface area (Å²) in [6.07, 6.45) is 3.07. The van der Waals surface area contributed by atoms with Crippen LogP contribution in [0.1, 0.15) is 51.7 Å². The van der Waals surface area contributed by atoms with Gasteiger partial charge in [-0.05, 0) is 49.2 Å². The third-order valence-electron chi connectivity index (χ3n) is 8.42. The van der Waals surface area contributed by atoms with Crippen LogP contribution < -0.4 is 0 Å². The van der Waals surface area contributed by atoms with Crippen LogP contribution in [0.15, 0.2) is 121 Å². The number of para-hydroxylation sites is 1. The number of benzene rings is 3. The standard InChI is InChI=1S/C38H37N5O4S/c1-3-47-38(46)32-18-12-20-39-35(32)48-43(37(45)31-25-30-17-10-11-19-33(30)40-26-31)27(2)36(44)42-23-21-41(22-24-42)34(28-13-6-4-7-14-28)29-15-8-5-9-16-29/h4-20,25-27,34H,3,21-24H2,1-2H3/t27-/m1/s1. The third-order valence-corrected chi connectivity index (χ3v) is 9.60. The predicted molar refractivity (Wildman–Crippen MR) is 186 cm³/mol. The number of piperazine rings is 1. The first-order valence-electron chi connectivity index (χ1n) is 16.1. The molecular formula is C38H37N5O4S. The maximum absolute atomic E-state index is 14.2. The first-order valence-corrected chi connectivity index (χ1v) is 16.8. The van der Waals surface area contributed by atoms with E-state index < -0.39 is 17.9 Å². The van der Waals surface area contributed by atoms with Gasteiger partial charge < -0.3 is 9.64 Å². The highest BCUT2D eigenvalue weighted by atomic mass is 32.2. The number of rotatable bonds is 10. The summed E-state index contributed by atoms with van der Waals surface area (Å²) in [5.74, 6) is -1.14. The van der Waals surface area contributed by atoms with Gasteiger partial charge in [-0.15, -0.1) is 0 Å². The van der Waals surface area contributed by atoms with E-state index in [9.17, 15) is 14.4 Å². The van der Waals surface area contributed by atoms with Crippen molar-refractivity contribution in [3.8, 4) is 0 Å². The van der Waals surface area contributed by atoms with E-state index in [4.69, 9.17) is 4.74 Å². The average molecular weight is 660 g/mol. The minimum atomic E-state index is -0.878. The van der Waals surface area contributed by atoms with E-state index in [1.165, 1.54) is 21.6 Å². The number of nitrogens with zero attached hydrogens (tertiary/aromatic N) is 5. The second-order valence-corrected chi connectivity index (χ2v) is 12.4. The molecule has 6 rings (SSSR count). The Morgan fingerprint density at radius 1 is 0.833 bits per heavy atom. The molecule has 0 radical (unpaired) electrons.